The summed E-state index contributed by atoms with van der Waals surface area (Å²) >= 11 is 11.9. The van der Waals surface area contributed by atoms with Gasteiger partial charge in [0.25, 0.3) is 5.91 Å². The van der Waals surface area contributed by atoms with Crippen LogP contribution < -0.4 is 10.6 Å². The van der Waals surface area contributed by atoms with E-state index in [0.717, 1.165) is 56.1 Å². The molecule has 0 radical (unpaired) electrons. The summed E-state index contributed by atoms with van der Waals surface area (Å²) < 4.78 is 38.7. The number of anilines is 1. The smallest absolute Gasteiger partial charge is 0.385 e. The topological polar surface area (TPSA) is 41.1 Å². The molecule has 2 aromatic rings. The zero-order chi connectivity index (χ0) is 21.0. The zero-order valence-electron chi connectivity index (χ0n) is 15.5. The summed E-state index contributed by atoms with van der Waals surface area (Å²) in [5.74, 6) is -0.110. The summed E-state index contributed by atoms with van der Waals surface area (Å²) in [6, 6.07) is 10.2. The van der Waals surface area contributed by atoms with Gasteiger partial charge in [0.15, 0.2) is 0 Å². The van der Waals surface area contributed by atoms with Crippen LogP contribution in [0.4, 0.5) is 18.9 Å². The van der Waals surface area contributed by atoms with Crippen molar-refractivity contribution in [2.24, 2.45) is 5.92 Å². The van der Waals surface area contributed by atoms with E-state index in [1.54, 1.807) is 0 Å². The third-order valence-corrected chi connectivity index (χ3v) is 5.70. The van der Waals surface area contributed by atoms with Crippen molar-refractivity contribution in [2.75, 3.05) is 11.9 Å². The molecule has 1 aliphatic rings. The first kappa shape index (κ1) is 21.8. The molecule has 156 valence electrons. The fourth-order valence-electron chi connectivity index (χ4n) is 3.51. The van der Waals surface area contributed by atoms with E-state index in [1.807, 2.05) is 24.3 Å². The van der Waals surface area contributed by atoms with Gasteiger partial charge in [0.05, 0.1) is 16.1 Å². The van der Waals surface area contributed by atoms with Crippen LogP contribution in [0.25, 0.3) is 0 Å². The minimum absolute atomic E-state index is 0.00917. The molecule has 1 amide bonds. The lowest BCUT2D eigenvalue weighted by Crippen LogP contribution is -2.38. The molecule has 2 N–H and O–H groups in total. The number of rotatable bonds is 5. The minimum atomic E-state index is -4.52. The summed E-state index contributed by atoms with van der Waals surface area (Å²) in [4.78, 5) is 12.4. The van der Waals surface area contributed by atoms with Crippen molar-refractivity contribution in [3.05, 3.63) is 63.6 Å². The number of carbonyl (C=O) groups is 1. The quantitative estimate of drug-likeness (QED) is 0.558. The molecule has 0 heterocycles. The first-order chi connectivity index (χ1) is 13.7. The number of alkyl halides is 3. The van der Waals surface area contributed by atoms with Gasteiger partial charge in [0.1, 0.15) is 0 Å². The molecule has 1 saturated carbocycles. The van der Waals surface area contributed by atoms with Gasteiger partial charge in [-0.2, -0.15) is 13.2 Å². The van der Waals surface area contributed by atoms with E-state index in [9.17, 15) is 18.0 Å². The molecule has 0 bridgehead atoms. The Labute approximate surface area is 177 Å². The van der Waals surface area contributed by atoms with Crippen LogP contribution in [-0.2, 0) is 6.18 Å². The number of benzene rings is 2. The molecule has 29 heavy (non-hydrogen) atoms. The molecule has 0 aromatic heterocycles. The number of halogens is 5. The molecule has 1 aliphatic carbocycles. The highest BCUT2D eigenvalue weighted by atomic mass is 35.5. The van der Waals surface area contributed by atoms with Crippen LogP contribution in [-0.4, -0.2) is 18.5 Å². The Balaban J connectivity index is 1.51. The number of nitrogens with one attached hydrogen (secondary N) is 2. The highest BCUT2D eigenvalue weighted by molar-refractivity contribution is 6.33. The normalized spacial score (nSPS) is 19.6. The van der Waals surface area contributed by atoms with Gasteiger partial charge in [-0.25, -0.2) is 0 Å². The Morgan fingerprint density at radius 3 is 2.41 bits per heavy atom. The molecule has 0 aliphatic heterocycles. The van der Waals surface area contributed by atoms with E-state index in [2.05, 4.69) is 10.6 Å². The maximum absolute atomic E-state index is 12.9. The fourth-order valence-corrected chi connectivity index (χ4v) is 3.90. The second kappa shape index (κ2) is 9.26. The summed E-state index contributed by atoms with van der Waals surface area (Å²) in [5, 5.41) is 6.88. The second-order valence-electron chi connectivity index (χ2n) is 7.27. The van der Waals surface area contributed by atoms with Gasteiger partial charge >= 0.3 is 6.18 Å². The minimum Gasteiger partial charge on any atom is -0.385 e. The maximum atomic E-state index is 12.9. The SMILES string of the molecule is O=C(N[C@H]1CC[C@H](CNc2cccc(Cl)c2)CC1)c1cc(C(F)(F)F)ccc1Cl. The van der Waals surface area contributed by atoms with E-state index >= 15 is 0 Å². The Hall–Kier alpha value is -1.92. The first-order valence-corrected chi connectivity index (χ1v) is 10.1. The molecule has 0 spiro atoms. The standard InChI is InChI=1S/C21H21Cl2F3N2O/c22-15-2-1-3-17(11-15)27-12-13-4-7-16(8-5-13)28-20(29)18-10-14(21(24,25)26)6-9-19(18)23/h1-3,6,9-11,13,16,27H,4-5,7-8,12H2,(H,28,29)/t13-,16-. The van der Waals surface area contributed by atoms with Gasteiger partial charge in [-0.15, -0.1) is 0 Å². The molecule has 2 aromatic carbocycles. The van der Waals surface area contributed by atoms with Crippen LogP contribution in [0.5, 0.6) is 0 Å². The molecule has 8 heteroatoms. The highest BCUT2D eigenvalue weighted by Gasteiger charge is 2.32. The van der Waals surface area contributed by atoms with Crippen LogP contribution in [0, 0.1) is 5.92 Å². The number of hydrogen-bond donors (Lipinski definition) is 2. The zero-order valence-corrected chi connectivity index (χ0v) is 17.0. The Kier molecular flexibility index (Phi) is 6.96. The van der Waals surface area contributed by atoms with Gasteiger partial charge in [-0.3, -0.25) is 4.79 Å². The highest BCUT2D eigenvalue weighted by Crippen LogP contribution is 2.32. The fraction of sp³-hybridized carbons (Fsp3) is 0.381. The molecule has 3 rings (SSSR count). The molecule has 1 fully saturated rings. The van der Waals surface area contributed by atoms with Crippen molar-refractivity contribution in [1.82, 2.24) is 5.32 Å². The average Bonchev–Trinajstić information content (AvgIpc) is 2.67. The van der Waals surface area contributed by atoms with Crippen molar-refractivity contribution >= 4 is 34.8 Å². The van der Waals surface area contributed by atoms with E-state index in [-0.39, 0.29) is 16.6 Å². The maximum Gasteiger partial charge on any atom is 0.416 e. The predicted octanol–water partition coefficient (Wildman–Crippen LogP) is 6.41. The largest absolute Gasteiger partial charge is 0.416 e. The lowest BCUT2D eigenvalue weighted by atomic mass is 9.86. The second-order valence-corrected chi connectivity index (χ2v) is 8.12. The number of carbonyl (C=O) groups excluding carboxylic acids is 1. The Morgan fingerprint density at radius 2 is 1.76 bits per heavy atom. The molecule has 3 nitrogen and oxygen atoms in total. The molecule has 0 unspecified atom stereocenters. The lowest BCUT2D eigenvalue weighted by Gasteiger charge is -2.29. The van der Waals surface area contributed by atoms with Crippen molar-refractivity contribution in [1.29, 1.82) is 0 Å². The number of amides is 1. The van der Waals surface area contributed by atoms with Gasteiger partial charge < -0.3 is 10.6 Å². The lowest BCUT2D eigenvalue weighted by molar-refractivity contribution is -0.137. The monoisotopic (exact) mass is 444 g/mol. The predicted molar refractivity (Wildman–Crippen MR) is 110 cm³/mol. The first-order valence-electron chi connectivity index (χ1n) is 9.39. The van der Waals surface area contributed by atoms with Crippen LogP contribution in [0.15, 0.2) is 42.5 Å². The van der Waals surface area contributed by atoms with Gasteiger partial charge in [-0.05, 0) is 68.0 Å². The molecule has 0 saturated heterocycles. The summed E-state index contributed by atoms with van der Waals surface area (Å²) in [6.07, 6.45) is -1.16. The molecular formula is C21H21Cl2F3N2O. The van der Waals surface area contributed by atoms with Crippen LogP contribution in [0.1, 0.15) is 41.6 Å². The summed E-state index contributed by atoms with van der Waals surface area (Å²) in [6.45, 7) is 0.806. The van der Waals surface area contributed by atoms with Gasteiger partial charge in [0, 0.05) is 23.3 Å². The molecule has 0 atom stereocenters. The van der Waals surface area contributed by atoms with Crippen molar-refractivity contribution in [3.63, 3.8) is 0 Å². The van der Waals surface area contributed by atoms with Crippen LogP contribution >= 0.6 is 23.2 Å². The molecular weight excluding hydrogens is 424 g/mol. The Morgan fingerprint density at radius 1 is 1.03 bits per heavy atom. The van der Waals surface area contributed by atoms with Crippen molar-refractivity contribution < 1.29 is 18.0 Å². The third-order valence-electron chi connectivity index (χ3n) is 5.14. The van der Waals surface area contributed by atoms with E-state index in [4.69, 9.17) is 23.2 Å². The van der Waals surface area contributed by atoms with Crippen molar-refractivity contribution in [3.8, 4) is 0 Å². The van der Waals surface area contributed by atoms with Crippen LogP contribution in [0.2, 0.25) is 10.0 Å². The van der Waals surface area contributed by atoms with Gasteiger partial charge in [-0.1, -0.05) is 29.3 Å². The third kappa shape index (κ3) is 6.03. The van der Waals surface area contributed by atoms with E-state index < -0.39 is 17.6 Å². The average molecular weight is 445 g/mol. The van der Waals surface area contributed by atoms with Gasteiger partial charge in [0.2, 0.25) is 0 Å². The summed E-state index contributed by atoms with van der Waals surface area (Å²) in [7, 11) is 0. The van der Waals surface area contributed by atoms with E-state index in [0.29, 0.717) is 10.9 Å². The number of hydrogen-bond acceptors (Lipinski definition) is 2. The summed E-state index contributed by atoms with van der Waals surface area (Å²) in [5.41, 5.74) is -0.0683. The van der Waals surface area contributed by atoms with Crippen molar-refractivity contribution in [2.45, 2.75) is 37.9 Å². The van der Waals surface area contributed by atoms with Crippen LogP contribution in [0.3, 0.4) is 0 Å². The Bertz CT molecular complexity index is 865. The van der Waals surface area contributed by atoms with E-state index in [1.165, 1.54) is 0 Å².